The van der Waals surface area contributed by atoms with Gasteiger partial charge in [0.1, 0.15) is 5.82 Å². The third kappa shape index (κ3) is 4.02. The third-order valence-corrected chi connectivity index (χ3v) is 5.18. The lowest BCUT2D eigenvalue weighted by Crippen LogP contribution is -2.32. The minimum Gasteiger partial charge on any atom is -0.370 e. The summed E-state index contributed by atoms with van der Waals surface area (Å²) in [5, 5.41) is 2.45. The zero-order valence-electron chi connectivity index (χ0n) is 14.9. The molecule has 1 saturated heterocycles. The van der Waals surface area contributed by atoms with Gasteiger partial charge in [-0.2, -0.15) is 0 Å². The van der Waals surface area contributed by atoms with Crippen LogP contribution in [0.2, 0.25) is 0 Å². The van der Waals surface area contributed by atoms with Crippen LogP contribution < -0.4 is 4.90 Å². The molecule has 0 radical (unpaired) electrons. The van der Waals surface area contributed by atoms with Gasteiger partial charge in [0.2, 0.25) is 0 Å². The molecule has 0 N–H and O–H groups in total. The van der Waals surface area contributed by atoms with Crippen LogP contribution in [0, 0.1) is 5.82 Å². The molecule has 0 aliphatic carbocycles. The van der Waals surface area contributed by atoms with Crippen molar-refractivity contribution in [2.75, 3.05) is 37.6 Å². The number of hydrogen-bond donors (Lipinski definition) is 0. The van der Waals surface area contributed by atoms with E-state index < -0.39 is 0 Å². The number of nitrogens with zero attached hydrogens (tertiary/aromatic N) is 3. The fraction of sp³-hybridized carbons (Fsp3) is 0.318. The summed E-state index contributed by atoms with van der Waals surface area (Å²) in [7, 11) is 0. The highest BCUT2D eigenvalue weighted by atomic mass is 19.1. The molecule has 0 unspecified atom stereocenters. The molecular formula is C22H24FN3. The normalized spacial score (nSPS) is 16.0. The summed E-state index contributed by atoms with van der Waals surface area (Å²) < 4.78 is 13.5. The van der Waals surface area contributed by atoms with E-state index in [0.717, 1.165) is 51.3 Å². The van der Waals surface area contributed by atoms with Crippen molar-refractivity contribution in [1.82, 2.24) is 9.88 Å². The molecule has 1 fully saturated rings. The van der Waals surface area contributed by atoms with E-state index in [9.17, 15) is 4.39 Å². The minimum atomic E-state index is -0.158. The van der Waals surface area contributed by atoms with E-state index >= 15 is 0 Å². The third-order valence-electron chi connectivity index (χ3n) is 5.18. The molecule has 4 rings (SSSR count). The van der Waals surface area contributed by atoms with Gasteiger partial charge in [-0.25, -0.2) is 4.39 Å². The lowest BCUT2D eigenvalue weighted by atomic mass is 10.1. The Morgan fingerprint density at radius 1 is 0.923 bits per heavy atom. The molecule has 3 aromatic rings. The molecule has 4 heteroatoms. The Morgan fingerprint density at radius 3 is 2.81 bits per heavy atom. The zero-order valence-corrected chi connectivity index (χ0v) is 14.9. The second-order valence-electron chi connectivity index (χ2n) is 6.97. The first-order valence-corrected chi connectivity index (χ1v) is 9.33. The molecule has 0 spiro atoms. The fourth-order valence-corrected chi connectivity index (χ4v) is 3.70. The second kappa shape index (κ2) is 7.83. The highest BCUT2D eigenvalue weighted by Crippen LogP contribution is 2.18. The predicted molar refractivity (Wildman–Crippen MR) is 105 cm³/mol. The molecule has 2 heterocycles. The van der Waals surface area contributed by atoms with Crippen LogP contribution >= 0.6 is 0 Å². The van der Waals surface area contributed by atoms with Crippen molar-refractivity contribution in [2.45, 2.75) is 12.8 Å². The molecule has 0 saturated carbocycles. The summed E-state index contributed by atoms with van der Waals surface area (Å²) in [6.45, 7) is 5.11. The first-order valence-electron chi connectivity index (χ1n) is 9.33. The topological polar surface area (TPSA) is 19.4 Å². The minimum absolute atomic E-state index is 0.158. The lowest BCUT2D eigenvalue weighted by molar-refractivity contribution is 0.297. The van der Waals surface area contributed by atoms with Gasteiger partial charge >= 0.3 is 0 Å². The number of hydrogen-bond acceptors (Lipinski definition) is 3. The van der Waals surface area contributed by atoms with Crippen molar-refractivity contribution in [2.24, 2.45) is 0 Å². The van der Waals surface area contributed by atoms with Crippen molar-refractivity contribution in [1.29, 1.82) is 0 Å². The first-order chi connectivity index (χ1) is 12.8. The summed E-state index contributed by atoms with van der Waals surface area (Å²) in [5.41, 5.74) is 2.35. The Hall–Kier alpha value is -2.46. The van der Waals surface area contributed by atoms with Gasteiger partial charge in [-0.3, -0.25) is 4.98 Å². The van der Waals surface area contributed by atoms with E-state index in [1.807, 2.05) is 18.5 Å². The summed E-state index contributed by atoms with van der Waals surface area (Å²) in [4.78, 5) is 9.03. The van der Waals surface area contributed by atoms with Gasteiger partial charge in [0, 0.05) is 49.6 Å². The van der Waals surface area contributed by atoms with Crippen molar-refractivity contribution in [3.05, 3.63) is 72.3 Å². The summed E-state index contributed by atoms with van der Waals surface area (Å²) >= 11 is 0. The van der Waals surface area contributed by atoms with Gasteiger partial charge in [0.15, 0.2) is 0 Å². The van der Waals surface area contributed by atoms with E-state index in [0.29, 0.717) is 0 Å². The quantitative estimate of drug-likeness (QED) is 0.706. The maximum absolute atomic E-state index is 13.5. The van der Waals surface area contributed by atoms with E-state index in [-0.39, 0.29) is 5.82 Å². The number of fused-ring (bicyclic) bond motifs is 1. The maximum atomic E-state index is 13.5. The van der Waals surface area contributed by atoms with Gasteiger partial charge in [0.25, 0.3) is 0 Å². The maximum Gasteiger partial charge on any atom is 0.125 e. The van der Waals surface area contributed by atoms with Crippen LogP contribution in [0.4, 0.5) is 10.1 Å². The van der Waals surface area contributed by atoms with Crippen LogP contribution in [0.3, 0.4) is 0 Å². The van der Waals surface area contributed by atoms with E-state index in [4.69, 9.17) is 0 Å². The van der Waals surface area contributed by atoms with Gasteiger partial charge in [-0.1, -0.05) is 18.2 Å². The van der Waals surface area contributed by atoms with Crippen LogP contribution in [-0.2, 0) is 6.42 Å². The molecule has 0 amide bonds. The van der Waals surface area contributed by atoms with Crippen molar-refractivity contribution in [3.63, 3.8) is 0 Å². The number of rotatable bonds is 4. The Bertz CT molecular complexity index is 880. The molecule has 1 aromatic heterocycles. The predicted octanol–water partition coefficient (Wildman–Crippen LogP) is 4.13. The Labute approximate surface area is 154 Å². The average Bonchev–Trinajstić information content (AvgIpc) is 2.92. The van der Waals surface area contributed by atoms with Crippen molar-refractivity contribution in [3.8, 4) is 0 Å². The molecule has 3 nitrogen and oxygen atoms in total. The van der Waals surface area contributed by atoms with Crippen LogP contribution in [0.25, 0.3) is 10.8 Å². The molecule has 0 atom stereocenters. The average molecular weight is 349 g/mol. The summed E-state index contributed by atoms with van der Waals surface area (Å²) in [6, 6.07) is 15.6. The number of benzene rings is 2. The van der Waals surface area contributed by atoms with Crippen LogP contribution in [0.1, 0.15) is 12.0 Å². The van der Waals surface area contributed by atoms with E-state index in [2.05, 4.69) is 39.0 Å². The van der Waals surface area contributed by atoms with Gasteiger partial charge < -0.3 is 9.80 Å². The molecular weight excluding hydrogens is 325 g/mol. The molecule has 26 heavy (non-hydrogen) atoms. The molecule has 134 valence electrons. The van der Waals surface area contributed by atoms with E-state index in [1.54, 1.807) is 12.1 Å². The number of anilines is 1. The van der Waals surface area contributed by atoms with Crippen LogP contribution in [0.15, 0.2) is 60.9 Å². The van der Waals surface area contributed by atoms with Gasteiger partial charge in [-0.15, -0.1) is 0 Å². The Kier molecular flexibility index (Phi) is 5.12. The summed E-state index contributed by atoms with van der Waals surface area (Å²) in [6.07, 6.45) is 5.92. The zero-order chi connectivity index (χ0) is 17.8. The standard InChI is InChI=1S/C22H24FN3/c23-21-3-1-4-22(16-21)26-11-2-10-25(13-14-26)12-8-18-5-6-19-7-9-24-17-20(19)15-18/h1,3-7,9,15-17H,2,8,10-14H2. The van der Waals surface area contributed by atoms with Crippen molar-refractivity contribution >= 4 is 16.5 Å². The monoisotopic (exact) mass is 349 g/mol. The fourth-order valence-electron chi connectivity index (χ4n) is 3.70. The summed E-state index contributed by atoms with van der Waals surface area (Å²) in [5.74, 6) is -0.158. The lowest BCUT2D eigenvalue weighted by Gasteiger charge is -2.23. The highest BCUT2D eigenvalue weighted by molar-refractivity contribution is 5.81. The SMILES string of the molecule is Fc1cccc(N2CCCN(CCc3ccc4ccncc4c3)CC2)c1. The van der Waals surface area contributed by atoms with Gasteiger partial charge in [-0.05, 0) is 60.7 Å². The molecule has 1 aliphatic rings. The molecule has 0 bridgehead atoms. The molecule has 1 aliphatic heterocycles. The largest absolute Gasteiger partial charge is 0.370 e. The number of halogens is 1. The second-order valence-corrected chi connectivity index (χ2v) is 6.97. The molecule has 2 aromatic carbocycles. The highest BCUT2D eigenvalue weighted by Gasteiger charge is 2.15. The smallest absolute Gasteiger partial charge is 0.125 e. The number of pyridine rings is 1. The Balaban J connectivity index is 1.35. The first kappa shape index (κ1) is 17.0. The number of aromatic nitrogens is 1. The van der Waals surface area contributed by atoms with E-state index in [1.165, 1.54) is 22.4 Å². The Morgan fingerprint density at radius 2 is 1.88 bits per heavy atom. The van der Waals surface area contributed by atoms with Crippen LogP contribution in [-0.4, -0.2) is 42.6 Å². The van der Waals surface area contributed by atoms with Crippen molar-refractivity contribution < 1.29 is 4.39 Å². The van der Waals surface area contributed by atoms with Gasteiger partial charge in [0.05, 0.1) is 0 Å². The van der Waals surface area contributed by atoms with Crippen LogP contribution in [0.5, 0.6) is 0 Å².